The summed E-state index contributed by atoms with van der Waals surface area (Å²) < 4.78 is 22.1. The second-order valence-electron chi connectivity index (χ2n) is 4.17. The number of carbonyl (C=O) groups excluding carboxylic acids is 2. The first kappa shape index (κ1) is 13.0. The van der Waals surface area contributed by atoms with Gasteiger partial charge in [-0.05, 0) is 13.3 Å². The third-order valence-corrected chi connectivity index (χ3v) is 3.85. The van der Waals surface area contributed by atoms with Crippen molar-refractivity contribution in [1.29, 1.82) is 0 Å². The van der Waals surface area contributed by atoms with E-state index in [1.807, 2.05) is 0 Å². The topological polar surface area (TPSA) is 83.6 Å². The van der Waals surface area contributed by atoms with Crippen molar-refractivity contribution in [2.75, 3.05) is 18.6 Å². The van der Waals surface area contributed by atoms with E-state index in [2.05, 4.69) is 5.32 Å². The largest absolute Gasteiger partial charge is 0.325 e. The van der Waals surface area contributed by atoms with Crippen LogP contribution in [-0.2, 0) is 14.6 Å². The van der Waals surface area contributed by atoms with E-state index >= 15 is 0 Å². The number of amides is 3. The summed E-state index contributed by atoms with van der Waals surface area (Å²) in [7, 11) is -3.14. The minimum Gasteiger partial charge on any atom is -0.309 e. The highest BCUT2D eigenvalue weighted by Gasteiger charge is 2.47. The number of urea groups is 1. The molecular weight excluding hydrogens is 232 g/mol. The van der Waals surface area contributed by atoms with Crippen LogP contribution in [0.5, 0.6) is 0 Å². The molecule has 1 saturated heterocycles. The van der Waals surface area contributed by atoms with Crippen LogP contribution in [0, 0.1) is 0 Å². The molecule has 92 valence electrons. The molecule has 0 spiro atoms. The molecular formula is C9H16N2O4S. The molecule has 0 saturated carbocycles. The van der Waals surface area contributed by atoms with Crippen LogP contribution in [0.1, 0.15) is 20.3 Å². The monoisotopic (exact) mass is 248 g/mol. The van der Waals surface area contributed by atoms with Crippen molar-refractivity contribution in [2.45, 2.75) is 25.8 Å². The Balaban J connectivity index is 2.85. The molecule has 0 aromatic carbocycles. The maximum absolute atomic E-state index is 11.5. The SMILES string of the molecule is CCC1(C)C(=O)NC(=O)N1CCS(C)(=O)=O. The summed E-state index contributed by atoms with van der Waals surface area (Å²) in [5.74, 6) is -0.503. The van der Waals surface area contributed by atoms with Gasteiger partial charge in [-0.2, -0.15) is 0 Å². The molecule has 1 atom stereocenters. The average molecular weight is 248 g/mol. The van der Waals surface area contributed by atoms with E-state index in [1.54, 1.807) is 13.8 Å². The molecule has 1 aliphatic rings. The first-order chi connectivity index (χ1) is 7.20. The normalized spacial score (nSPS) is 26.1. The molecule has 0 aromatic heterocycles. The zero-order valence-electron chi connectivity index (χ0n) is 9.61. The summed E-state index contributed by atoms with van der Waals surface area (Å²) in [6, 6.07) is -0.516. The van der Waals surface area contributed by atoms with E-state index in [0.717, 1.165) is 6.26 Å². The summed E-state index contributed by atoms with van der Waals surface area (Å²) >= 11 is 0. The number of hydrogen-bond acceptors (Lipinski definition) is 4. The molecule has 6 nitrogen and oxygen atoms in total. The highest BCUT2D eigenvalue weighted by molar-refractivity contribution is 7.90. The molecule has 1 fully saturated rings. The van der Waals surface area contributed by atoms with Crippen molar-refractivity contribution in [3.8, 4) is 0 Å². The molecule has 7 heteroatoms. The van der Waals surface area contributed by atoms with E-state index in [4.69, 9.17) is 0 Å². The maximum Gasteiger partial charge on any atom is 0.325 e. The molecule has 0 radical (unpaired) electrons. The highest BCUT2D eigenvalue weighted by atomic mass is 32.2. The van der Waals surface area contributed by atoms with Gasteiger partial charge >= 0.3 is 6.03 Å². The third-order valence-electron chi connectivity index (χ3n) is 2.92. The molecule has 1 unspecified atom stereocenters. The van der Waals surface area contributed by atoms with E-state index in [-0.39, 0.29) is 18.2 Å². The van der Waals surface area contributed by atoms with Gasteiger partial charge in [0.2, 0.25) is 0 Å². The van der Waals surface area contributed by atoms with Crippen LogP contribution >= 0.6 is 0 Å². The molecule has 16 heavy (non-hydrogen) atoms. The van der Waals surface area contributed by atoms with Gasteiger partial charge in [0.05, 0.1) is 5.75 Å². The Bertz CT molecular complexity index is 417. The molecule has 1 N–H and O–H groups in total. The molecule has 3 amide bonds. The second-order valence-corrected chi connectivity index (χ2v) is 6.43. The fraction of sp³-hybridized carbons (Fsp3) is 0.778. The Hall–Kier alpha value is -1.11. The minimum atomic E-state index is -3.14. The molecule has 1 aliphatic heterocycles. The van der Waals surface area contributed by atoms with Crippen molar-refractivity contribution in [1.82, 2.24) is 10.2 Å². The molecule has 0 bridgehead atoms. The number of rotatable bonds is 4. The van der Waals surface area contributed by atoms with Crippen molar-refractivity contribution in [3.63, 3.8) is 0 Å². The van der Waals surface area contributed by atoms with E-state index in [0.29, 0.717) is 6.42 Å². The van der Waals surface area contributed by atoms with Crippen molar-refractivity contribution >= 4 is 21.8 Å². The predicted molar refractivity (Wildman–Crippen MR) is 58.7 cm³/mol. The van der Waals surface area contributed by atoms with Gasteiger partial charge in [0.25, 0.3) is 5.91 Å². The number of hydrogen-bond donors (Lipinski definition) is 1. The lowest BCUT2D eigenvalue weighted by atomic mass is 9.98. The number of nitrogens with zero attached hydrogens (tertiary/aromatic N) is 1. The van der Waals surface area contributed by atoms with Gasteiger partial charge in [0, 0.05) is 12.8 Å². The van der Waals surface area contributed by atoms with Crippen molar-refractivity contribution in [2.24, 2.45) is 0 Å². The minimum absolute atomic E-state index is 0.0424. The van der Waals surface area contributed by atoms with E-state index < -0.39 is 21.4 Å². The standard InChI is InChI=1S/C9H16N2O4S/c1-4-9(2)7(12)10-8(13)11(9)5-6-16(3,14)15/h4-6H2,1-3H3,(H,10,12,13). The van der Waals surface area contributed by atoms with Crippen LogP contribution in [0.25, 0.3) is 0 Å². The van der Waals surface area contributed by atoms with Crippen molar-refractivity contribution < 1.29 is 18.0 Å². The van der Waals surface area contributed by atoms with Gasteiger partial charge < -0.3 is 4.90 Å². The number of imide groups is 1. The summed E-state index contributed by atoms with van der Waals surface area (Å²) in [5, 5.41) is 2.20. The lowest BCUT2D eigenvalue weighted by Crippen LogP contribution is -2.48. The summed E-state index contributed by atoms with van der Waals surface area (Å²) in [6.07, 6.45) is 1.56. The first-order valence-electron chi connectivity index (χ1n) is 5.01. The van der Waals surface area contributed by atoms with Gasteiger partial charge in [0.15, 0.2) is 0 Å². The number of nitrogens with one attached hydrogen (secondary N) is 1. The fourth-order valence-electron chi connectivity index (χ4n) is 1.60. The maximum atomic E-state index is 11.5. The summed E-state index contributed by atoms with van der Waals surface area (Å²) in [4.78, 5) is 24.3. The molecule has 1 rings (SSSR count). The summed E-state index contributed by atoms with van der Waals surface area (Å²) in [6.45, 7) is 3.46. The number of sulfone groups is 1. The van der Waals surface area contributed by atoms with Gasteiger partial charge in [-0.1, -0.05) is 6.92 Å². The smallest absolute Gasteiger partial charge is 0.309 e. The Morgan fingerprint density at radius 3 is 2.38 bits per heavy atom. The van der Waals surface area contributed by atoms with Gasteiger partial charge in [-0.15, -0.1) is 0 Å². The Labute approximate surface area is 94.9 Å². The van der Waals surface area contributed by atoms with Crippen LogP contribution in [0.4, 0.5) is 4.79 Å². The fourth-order valence-corrected chi connectivity index (χ4v) is 2.12. The van der Waals surface area contributed by atoms with Crippen LogP contribution in [-0.4, -0.2) is 49.3 Å². The van der Waals surface area contributed by atoms with Crippen molar-refractivity contribution in [3.05, 3.63) is 0 Å². The van der Waals surface area contributed by atoms with Crippen LogP contribution < -0.4 is 5.32 Å². The van der Waals surface area contributed by atoms with Crippen LogP contribution in [0.15, 0.2) is 0 Å². The van der Waals surface area contributed by atoms with E-state index in [1.165, 1.54) is 4.90 Å². The zero-order valence-corrected chi connectivity index (χ0v) is 10.4. The third kappa shape index (κ3) is 2.34. The lowest BCUT2D eigenvalue weighted by molar-refractivity contribution is -0.125. The number of carbonyl (C=O) groups is 2. The van der Waals surface area contributed by atoms with Gasteiger partial charge in [-0.25, -0.2) is 13.2 Å². The lowest BCUT2D eigenvalue weighted by Gasteiger charge is -2.30. The molecule has 0 aromatic rings. The molecule has 1 heterocycles. The van der Waals surface area contributed by atoms with Gasteiger partial charge in [0.1, 0.15) is 15.4 Å². The predicted octanol–water partition coefficient (Wildman–Crippen LogP) is -0.248. The van der Waals surface area contributed by atoms with E-state index in [9.17, 15) is 18.0 Å². The Kier molecular flexibility index (Phi) is 3.27. The Morgan fingerprint density at radius 1 is 1.38 bits per heavy atom. The van der Waals surface area contributed by atoms with Gasteiger partial charge in [-0.3, -0.25) is 10.1 Å². The second kappa shape index (κ2) is 4.04. The Morgan fingerprint density at radius 2 is 1.94 bits per heavy atom. The van der Waals surface area contributed by atoms with Crippen LogP contribution in [0.3, 0.4) is 0 Å². The molecule has 0 aliphatic carbocycles. The highest BCUT2D eigenvalue weighted by Crippen LogP contribution is 2.24. The summed E-state index contributed by atoms with van der Waals surface area (Å²) in [5.41, 5.74) is -0.929. The van der Waals surface area contributed by atoms with Crippen LogP contribution in [0.2, 0.25) is 0 Å². The first-order valence-corrected chi connectivity index (χ1v) is 7.07. The zero-order chi connectivity index (χ0) is 12.6. The average Bonchev–Trinajstić information content (AvgIpc) is 2.35. The quantitative estimate of drug-likeness (QED) is 0.695.